The zero-order chi connectivity index (χ0) is 16.3. The minimum atomic E-state index is -4.31. The van der Waals surface area contributed by atoms with Gasteiger partial charge in [0.05, 0.1) is 5.56 Å². The summed E-state index contributed by atoms with van der Waals surface area (Å²) in [6.07, 6.45) is -0.684. The zero-order valence-electron chi connectivity index (χ0n) is 13.1. The van der Waals surface area contributed by atoms with Crippen molar-refractivity contribution in [1.29, 1.82) is 0 Å². The molecular weight excluding hydrogens is 315 g/mol. The first-order valence-corrected chi connectivity index (χ1v) is 8.98. The molecule has 1 N–H and O–H groups in total. The first-order valence-electron chi connectivity index (χ1n) is 8.98. The molecule has 0 amide bonds. The lowest BCUT2D eigenvalue weighted by Gasteiger charge is -2.60. The Balaban J connectivity index is 1.31. The summed E-state index contributed by atoms with van der Waals surface area (Å²) < 4.78 is 39.0. The van der Waals surface area contributed by atoms with Crippen molar-refractivity contribution in [1.82, 2.24) is 4.90 Å². The predicted octanol–water partition coefficient (Wildman–Crippen LogP) is 3.25. The van der Waals surface area contributed by atoms with Gasteiger partial charge in [-0.25, -0.2) is 0 Å². The van der Waals surface area contributed by atoms with Gasteiger partial charge in [-0.2, -0.15) is 13.2 Å². The first kappa shape index (κ1) is 13.2. The molecule has 0 aromatic heterocycles. The number of nitrogens with zero attached hydrogens (tertiary/aromatic N) is 1. The average molecular weight is 333 g/mol. The van der Waals surface area contributed by atoms with E-state index < -0.39 is 17.5 Å². The summed E-state index contributed by atoms with van der Waals surface area (Å²) in [6, 6.07) is 6.07. The molecule has 6 bridgehead atoms. The average Bonchev–Trinajstić information content (AvgIpc) is 3.18. The number of hydrogen-bond donors (Lipinski definition) is 1. The molecule has 7 aliphatic rings. The lowest BCUT2D eigenvalue weighted by atomic mass is 9.44. The van der Waals surface area contributed by atoms with E-state index in [1.807, 2.05) is 0 Å². The summed E-state index contributed by atoms with van der Waals surface area (Å²) in [5.41, 5.74) is -0.0596. The van der Waals surface area contributed by atoms with Crippen LogP contribution in [0.15, 0.2) is 24.3 Å². The molecule has 7 fully saturated rings. The second-order valence-electron chi connectivity index (χ2n) is 9.28. The first-order chi connectivity index (χ1) is 11.3. The van der Waals surface area contributed by atoms with Gasteiger partial charge in [0, 0.05) is 23.9 Å². The van der Waals surface area contributed by atoms with E-state index in [0.717, 1.165) is 6.07 Å². The molecule has 8 atom stereocenters. The van der Waals surface area contributed by atoms with Crippen LogP contribution in [0.2, 0.25) is 0 Å². The Morgan fingerprint density at radius 2 is 2.00 bits per heavy atom. The maximum absolute atomic E-state index is 13.0. The van der Waals surface area contributed by atoms with Gasteiger partial charge in [-0.1, -0.05) is 18.2 Å². The Morgan fingerprint density at radius 3 is 2.79 bits per heavy atom. The van der Waals surface area contributed by atoms with Gasteiger partial charge >= 0.3 is 6.18 Å². The normalized spacial score (nSPS) is 57.6. The lowest BCUT2D eigenvalue weighted by molar-refractivity contribution is -0.224. The van der Waals surface area contributed by atoms with E-state index in [4.69, 9.17) is 0 Å². The van der Waals surface area contributed by atoms with Crippen LogP contribution >= 0.6 is 0 Å². The van der Waals surface area contributed by atoms with Crippen molar-refractivity contribution in [3.8, 4) is 0 Å². The van der Waals surface area contributed by atoms with E-state index in [-0.39, 0.29) is 5.41 Å². The molecule has 8 rings (SSSR count). The van der Waals surface area contributed by atoms with E-state index in [1.54, 1.807) is 6.07 Å². The number of alkyl halides is 3. The third kappa shape index (κ3) is 0.942. The second-order valence-corrected chi connectivity index (χ2v) is 9.28. The highest BCUT2D eigenvalue weighted by Gasteiger charge is 3.00. The van der Waals surface area contributed by atoms with Gasteiger partial charge in [0.15, 0.2) is 0 Å². The maximum Gasteiger partial charge on any atom is 0.416 e. The fourth-order valence-electron chi connectivity index (χ4n) is 9.02. The number of halogens is 3. The van der Waals surface area contributed by atoms with E-state index in [1.165, 1.54) is 31.4 Å². The molecule has 0 radical (unpaired) electrons. The van der Waals surface area contributed by atoms with Gasteiger partial charge in [0.25, 0.3) is 0 Å². The van der Waals surface area contributed by atoms with E-state index in [2.05, 4.69) is 4.90 Å². The fourth-order valence-corrected chi connectivity index (χ4v) is 9.02. The third-order valence-electron chi connectivity index (χ3n) is 9.14. The molecule has 5 aliphatic carbocycles. The maximum atomic E-state index is 13.0. The van der Waals surface area contributed by atoms with Crippen LogP contribution in [0.1, 0.15) is 30.4 Å². The van der Waals surface area contributed by atoms with Crippen LogP contribution in [0, 0.1) is 34.5 Å². The molecule has 2 heterocycles. The van der Waals surface area contributed by atoms with Gasteiger partial charge in [0.1, 0.15) is 5.72 Å². The lowest BCUT2D eigenvalue weighted by Crippen LogP contribution is -2.64. The standard InChI is InChI=1S/C19H18F3NO/c20-19(21,22)10-3-1-2-9(4-10)7-23-15-12-5-16-8-17(12)6-11(16)13(14(15)16)18(17,23)24/h1-4,11-15,24H,5-8H2. The van der Waals surface area contributed by atoms with Gasteiger partial charge < -0.3 is 5.11 Å². The van der Waals surface area contributed by atoms with Crippen molar-refractivity contribution in [2.45, 2.75) is 43.8 Å². The van der Waals surface area contributed by atoms with Crippen molar-refractivity contribution in [3.63, 3.8) is 0 Å². The Hall–Kier alpha value is -1.07. The largest absolute Gasteiger partial charge is 0.416 e. The molecule has 5 heteroatoms. The highest BCUT2D eigenvalue weighted by atomic mass is 19.4. The molecule has 5 saturated carbocycles. The quantitative estimate of drug-likeness (QED) is 0.898. The number of aliphatic hydroxyl groups is 1. The van der Waals surface area contributed by atoms with Crippen LogP contribution in [-0.2, 0) is 12.7 Å². The highest BCUT2D eigenvalue weighted by molar-refractivity contribution is 5.48. The Bertz CT molecular complexity index is 821. The number of benzene rings is 1. The molecule has 2 spiro atoms. The Morgan fingerprint density at radius 1 is 1.17 bits per heavy atom. The van der Waals surface area contributed by atoms with Crippen molar-refractivity contribution in [2.75, 3.05) is 0 Å². The number of hydrogen-bond acceptors (Lipinski definition) is 2. The zero-order valence-corrected chi connectivity index (χ0v) is 13.1. The third-order valence-corrected chi connectivity index (χ3v) is 9.14. The SMILES string of the molecule is OC12C3C4CC15CC41CC5C(C31)N2Cc1cccc(C(F)(F)F)c1. The van der Waals surface area contributed by atoms with E-state index in [0.29, 0.717) is 47.2 Å². The smallest absolute Gasteiger partial charge is 0.375 e. The fraction of sp³-hybridized carbons (Fsp3) is 0.684. The minimum Gasteiger partial charge on any atom is -0.375 e. The predicted molar refractivity (Wildman–Crippen MR) is 78.4 cm³/mol. The molecular formula is C19H18F3NO. The van der Waals surface area contributed by atoms with Gasteiger partial charge in [0.2, 0.25) is 0 Å². The second kappa shape index (κ2) is 3.18. The van der Waals surface area contributed by atoms with E-state index >= 15 is 0 Å². The Kier molecular flexibility index (Phi) is 1.75. The highest BCUT2D eigenvalue weighted by Crippen LogP contribution is 2.99. The summed E-state index contributed by atoms with van der Waals surface area (Å²) >= 11 is 0. The summed E-state index contributed by atoms with van der Waals surface area (Å²) in [4.78, 5) is 2.23. The molecule has 126 valence electrons. The summed E-state index contributed by atoms with van der Waals surface area (Å²) in [5.74, 6) is 2.31. The molecule has 1 aromatic rings. The topological polar surface area (TPSA) is 23.5 Å². The van der Waals surface area contributed by atoms with Crippen LogP contribution in [0.25, 0.3) is 0 Å². The Labute approximate surface area is 137 Å². The molecule has 2 nitrogen and oxygen atoms in total. The van der Waals surface area contributed by atoms with Crippen LogP contribution < -0.4 is 0 Å². The molecule has 2 saturated heterocycles. The summed E-state index contributed by atoms with van der Waals surface area (Å²) in [5, 5.41) is 11.7. The molecule has 8 unspecified atom stereocenters. The van der Waals surface area contributed by atoms with Crippen LogP contribution in [0.3, 0.4) is 0 Å². The van der Waals surface area contributed by atoms with Crippen LogP contribution in [-0.4, -0.2) is 21.8 Å². The molecule has 24 heavy (non-hydrogen) atoms. The number of rotatable bonds is 2. The van der Waals surface area contributed by atoms with Crippen LogP contribution in [0.5, 0.6) is 0 Å². The molecule has 1 aromatic carbocycles. The van der Waals surface area contributed by atoms with E-state index in [9.17, 15) is 18.3 Å². The van der Waals surface area contributed by atoms with Crippen LogP contribution in [0.4, 0.5) is 13.2 Å². The summed E-state index contributed by atoms with van der Waals surface area (Å²) in [6.45, 7) is 0.457. The van der Waals surface area contributed by atoms with Gasteiger partial charge in [-0.05, 0) is 54.1 Å². The van der Waals surface area contributed by atoms with Crippen molar-refractivity contribution >= 4 is 0 Å². The van der Waals surface area contributed by atoms with Gasteiger partial charge in [-0.15, -0.1) is 0 Å². The summed E-state index contributed by atoms with van der Waals surface area (Å²) in [7, 11) is 0. The minimum absolute atomic E-state index is 0.0728. The van der Waals surface area contributed by atoms with Crippen molar-refractivity contribution < 1.29 is 18.3 Å². The molecule has 2 aliphatic heterocycles. The van der Waals surface area contributed by atoms with Gasteiger partial charge in [-0.3, -0.25) is 4.90 Å². The van der Waals surface area contributed by atoms with Crippen molar-refractivity contribution in [2.24, 2.45) is 34.5 Å². The monoisotopic (exact) mass is 333 g/mol. The van der Waals surface area contributed by atoms with Crippen molar-refractivity contribution in [3.05, 3.63) is 35.4 Å².